The highest BCUT2D eigenvalue weighted by Crippen LogP contribution is 2.18. The number of hydrogen-bond donors (Lipinski definition) is 2. The summed E-state index contributed by atoms with van der Waals surface area (Å²) in [4.78, 5) is 18.7. The molecular weight excluding hydrogens is 463 g/mol. The number of nitrogens with one attached hydrogen (secondary N) is 2. The first-order valence-electron chi connectivity index (χ1n) is 10.4. The minimum Gasteiger partial charge on any atom is -0.357 e. The van der Waals surface area contributed by atoms with Crippen LogP contribution in [0.1, 0.15) is 64.5 Å². The lowest BCUT2D eigenvalue weighted by molar-refractivity contribution is -0.128. The normalized spacial score (nSPS) is 15.5. The Morgan fingerprint density at radius 3 is 2.50 bits per heavy atom. The van der Waals surface area contributed by atoms with Crippen LogP contribution >= 0.6 is 24.0 Å². The molecule has 0 radical (unpaired) electrons. The number of aliphatic imine (C=N–C) groups is 1. The van der Waals surface area contributed by atoms with Crippen molar-refractivity contribution in [1.29, 1.82) is 0 Å². The van der Waals surface area contributed by atoms with Gasteiger partial charge in [0.25, 0.3) is 0 Å². The van der Waals surface area contributed by atoms with Crippen LogP contribution in [-0.2, 0) is 17.9 Å². The molecule has 2 rings (SSSR count). The second-order valence-corrected chi connectivity index (χ2v) is 7.90. The summed E-state index contributed by atoms with van der Waals surface area (Å²) in [7, 11) is 0. The van der Waals surface area contributed by atoms with Crippen LogP contribution in [0, 0.1) is 5.92 Å². The monoisotopic (exact) mass is 500 g/mol. The highest BCUT2D eigenvalue weighted by atomic mass is 127. The van der Waals surface area contributed by atoms with Crippen LogP contribution < -0.4 is 10.6 Å². The van der Waals surface area contributed by atoms with Crippen LogP contribution in [0.25, 0.3) is 0 Å². The fourth-order valence-electron chi connectivity index (χ4n) is 3.32. The van der Waals surface area contributed by atoms with E-state index in [2.05, 4.69) is 50.5 Å². The number of benzene rings is 1. The zero-order valence-corrected chi connectivity index (χ0v) is 20.2. The van der Waals surface area contributed by atoms with E-state index in [1.165, 1.54) is 17.5 Å². The second kappa shape index (κ2) is 13.0. The molecule has 0 aromatic heterocycles. The largest absolute Gasteiger partial charge is 0.357 e. The third-order valence-electron chi connectivity index (χ3n) is 4.96. The minimum atomic E-state index is 0. The third-order valence-corrected chi connectivity index (χ3v) is 4.96. The average Bonchev–Trinajstić information content (AvgIpc) is 3.04. The van der Waals surface area contributed by atoms with Crippen LogP contribution in [0.4, 0.5) is 0 Å². The van der Waals surface area contributed by atoms with Crippen LogP contribution in [-0.4, -0.2) is 35.9 Å². The first-order valence-corrected chi connectivity index (χ1v) is 10.4. The average molecular weight is 500 g/mol. The van der Waals surface area contributed by atoms with Gasteiger partial charge in [0, 0.05) is 32.1 Å². The molecule has 1 aliphatic rings. The predicted octanol–water partition coefficient (Wildman–Crippen LogP) is 4.31. The Bertz CT molecular complexity index is 633. The van der Waals surface area contributed by atoms with Crippen molar-refractivity contribution >= 4 is 35.8 Å². The molecule has 1 heterocycles. The number of carbonyl (C=O) groups excluding carboxylic acids is 1. The van der Waals surface area contributed by atoms with Gasteiger partial charge in [0.2, 0.25) is 5.91 Å². The summed E-state index contributed by atoms with van der Waals surface area (Å²) in [5.41, 5.74) is 2.38. The fourth-order valence-corrected chi connectivity index (χ4v) is 3.32. The lowest BCUT2D eigenvalue weighted by atomic mass is 10.0. The first-order chi connectivity index (χ1) is 13.0. The van der Waals surface area contributed by atoms with Crippen molar-refractivity contribution in [3.63, 3.8) is 0 Å². The summed E-state index contributed by atoms with van der Waals surface area (Å²) in [5, 5.41) is 6.86. The fraction of sp³-hybridized carbons (Fsp3) is 0.636. The maximum absolute atomic E-state index is 12.0. The van der Waals surface area contributed by atoms with Crippen molar-refractivity contribution in [2.24, 2.45) is 10.9 Å². The summed E-state index contributed by atoms with van der Waals surface area (Å²) in [5.74, 6) is 1.84. The summed E-state index contributed by atoms with van der Waals surface area (Å²) in [6.45, 7) is 11.8. The number of hydrogen-bond acceptors (Lipinski definition) is 2. The van der Waals surface area contributed by atoms with E-state index in [1.807, 2.05) is 17.0 Å². The lowest BCUT2D eigenvalue weighted by Crippen LogP contribution is -2.42. The van der Waals surface area contributed by atoms with Crippen molar-refractivity contribution in [3.05, 3.63) is 35.4 Å². The topological polar surface area (TPSA) is 56.7 Å². The van der Waals surface area contributed by atoms with E-state index in [4.69, 9.17) is 4.99 Å². The van der Waals surface area contributed by atoms with E-state index in [9.17, 15) is 4.79 Å². The minimum absolute atomic E-state index is 0. The Morgan fingerprint density at radius 1 is 1.18 bits per heavy atom. The molecular formula is C22H37IN4O. The molecule has 0 spiro atoms. The maximum atomic E-state index is 12.0. The van der Waals surface area contributed by atoms with Gasteiger partial charge in [-0.25, -0.2) is 4.99 Å². The Labute approximate surface area is 187 Å². The van der Waals surface area contributed by atoms with E-state index >= 15 is 0 Å². The molecule has 1 unspecified atom stereocenters. The van der Waals surface area contributed by atoms with E-state index < -0.39 is 0 Å². The molecule has 1 saturated heterocycles. The molecule has 1 aromatic carbocycles. The number of carbonyl (C=O) groups is 1. The van der Waals surface area contributed by atoms with Crippen LogP contribution in [0.3, 0.4) is 0 Å². The summed E-state index contributed by atoms with van der Waals surface area (Å²) < 4.78 is 0. The summed E-state index contributed by atoms with van der Waals surface area (Å²) in [6, 6.07) is 8.71. The molecule has 28 heavy (non-hydrogen) atoms. The van der Waals surface area contributed by atoms with Crippen molar-refractivity contribution in [1.82, 2.24) is 15.5 Å². The van der Waals surface area contributed by atoms with Gasteiger partial charge in [-0.2, -0.15) is 0 Å². The van der Waals surface area contributed by atoms with Gasteiger partial charge in [0.1, 0.15) is 0 Å². The van der Waals surface area contributed by atoms with Crippen LogP contribution in [0.15, 0.2) is 29.3 Å². The van der Waals surface area contributed by atoms with Gasteiger partial charge in [-0.15, -0.1) is 24.0 Å². The number of likely N-dealkylation sites (tertiary alicyclic amines) is 1. The van der Waals surface area contributed by atoms with E-state index in [1.54, 1.807) is 0 Å². The molecule has 5 nitrogen and oxygen atoms in total. The molecule has 0 bridgehead atoms. The van der Waals surface area contributed by atoms with Crippen molar-refractivity contribution in [2.45, 2.75) is 72.5 Å². The second-order valence-electron chi connectivity index (χ2n) is 7.90. The van der Waals surface area contributed by atoms with Gasteiger partial charge in [-0.1, -0.05) is 38.1 Å². The van der Waals surface area contributed by atoms with Gasteiger partial charge >= 0.3 is 0 Å². The number of rotatable bonds is 9. The Hall–Kier alpha value is -1.31. The molecule has 0 aliphatic carbocycles. The Kier molecular flexibility index (Phi) is 11.5. The molecule has 6 heteroatoms. The lowest BCUT2D eigenvalue weighted by Gasteiger charge is -2.20. The van der Waals surface area contributed by atoms with Crippen LogP contribution in [0.5, 0.6) is 0 Å². The standard InChI is InChI=1S/C22H36N4O.HI/c1-5-23-22(25-18(4)13-12-17(2)3)24-15-19-9-6-7-10-20(19)16-26-14-8-11-21(26)27;/h6-7,9-10,17-18H,5,8,11-16H2,1-4H3,(H2,23,24,25);1H. The van der Waals surface area contributed by atoms with Crippen molar-refractivity contribution in [2.75, 3.05) is 13.1 Å². The predicted molar refractivity (Wildman–Crippen MR) is 128 cm³/mol. The molecule has 1 aliphatic heterocycles. The molecule has 0 saturated carbocycles. The molecule has 2 N–H and O–H groups in total. The summed E-state index contributed by atoms with van der Waals surface area (Å²) in [6.07, 6.45) is 4.00. The van der Waals surface area contributed by atoms with Gasteiger partial charge in [0.05, 0.1) is 6.54 Å². The first kappa shape index (κ1) is 24.7. The maximum Gasteiger partial charge on any atom is 0.222 e. The van der Waals surface area contributed by atoms with E-state index in [0.717, 1.165) is 31.9 Å². The highest BCUT2D eigenvalue weighted by Gasteiger charge is 2.20. The van der Waals surface area contributed by atoms with Gasteiger partial charge in [-0.05, 0) is 50.2 Å². The molecule has 1 fully saturated rings. The molecule has 1 atom stereocenters. The zero-order chi connectivity index (χ0) is 19.6. The van der Waals surface area contributed by atoms with E-state index in [0.29, 0.717) is 31.5 Å². The summed E-state index contributed by atoms with van der Waals surface area (Å²) >= 11 is 0. The number of halogens is 1. The number of guanidine groups is 1. The van der Waals surface area contributed by atoms with Gasteiger partial charge in [0.15, 0.2) is 5.96 Å². The number of nitrogens with zero attached hydrogens (tertiary/aromatic N) is 2. The zero-order valence-electron chi connectivity index (χ0n) is 17.8. The van der Waals surface area contributed by atoms with Crippen molar-refractivity contribution < 1.29 is 4.79 Å². The number of amides is 1. The Morgan fingerprint density at radius 2 is 1.89 bits per heavy atom. The highest BCUT2D eigenvalue weighted by molar-refractivity contribution is 14.0. The molecule has 1 amide bonds. The van der Waals surface area contributed by atoms with Crippen LogP contribution in [0.2, 0.25) is 0 Å². The molecule has 158 valence electrons. The quantitative estimate of drug-likeness (QED) is 0.302. The Balaban J connectivity index is 0.00000392. The van der Waals surface area contributed by atoms with E-state index in [-0.39, 0.29) is 29.9 Å². The van der Waals surface area contributed by atoms with Crippen molar-refractivity contribution in [3.8, 4) is 0 Å². The van der Waals surface area contributed by atoms with Gasteiger partial charge in [-0.3, -0.25) is 4.79 Å². The third kappa shape index (κ3) is 8.37. The van der Waals surface area contributed by atoms with Gasteiger partial charge < -0.3 is 15.5 Å². The smallest absolute Gasteiger partial charge is 0.222 e. The molecule has 1 aromatic rings. The SMILES string of the molecule is CCNC(=NCc1ccccc1CN1CCCC1=O)NC(C)CCC(C)C.I.